The lowest BCUT2D eigenvalue weighted by molar-refractivity contribution is -0.119. The number of para-hydroxylation sites is 1. The molecule has 25 heavy (non-hydrogen) atoms. The van der Waals surface area contributed by atoms with E-state index in [4.69, 9.17) is 4.42 Å². The number of nitrogens with one attached hydrogen (secondary N) is 1. The third-order valence-electron chi connectivity index (χ3n) is 4.58. The SMILES string of the molecule is CS(=O)(=O)N1CCC[C@H]1C(=O)Nc1ccc2oc3ccccc3c2c1. The van der Waals surface area contributed by atoms with Crippen LogP contribution in [0.5, 0.6) is 0 Å². The summed E-state index contributed by atoms with van der Waals surface area (Å²) in [5.74, 6) is -0.296. The zero-order valence-corrected chi connectivity index (χ0v) is 14.5. The first kappa shape index (κ1) is 16.1. The maximum Gasteiger partial charge on any atom is 0.242 e. The van der Waals surface area contributed by atoms with Gasteiger partial charge in [-0.2, -0.15) is 4.31 Å². The third-order valence-corrected chi connectivity index (χ3v) is 5.87. The molecule has 1 saturated heterocycles. The molecule has 1 amide bonds. The van der Waals surface area contributed by atoms with E-state index in [0.717, 1.165) is 28.2 Å². The lowest BCUT2D eigenvalue weighted by Gasteiger charge is -2.21. The Kier molecular flexibility index (Phi) is 3.77. The molecule has 2 heterocycles. The molecule has 130 valence electrons. The predicted molar refractivity (Wildman–Crippen MR) is 96.9 cm³/mol. The van der Waals surface area contributed by atoms with Gasteiger partial charge in [-0.15, -0.1) is 0 Å². The van der Waals surface area contributed by atoms with E-state index >= 15 is 0 Å². The summed E-state index contributed by atoms with van der Waals surface area (Å²) in [5, 5.41) is 4.74. The molecule has 1 aliphatic rings. The summed E-state index contributed by atoms with van der Waals surface area (Å²) >= 11 is 0. The van der Waals surface area contributed by atoms with Crippen molar-refractivity contribution in [2.45, 2.75) is 18.9 Å². The smallest absolute Gasteiger partial charge is 0.242 e. The van der Waals surface area contributed by atoms with Crippen LogP contribution >= 0.6 is 0 Å². The van der Waals surface area contributed by atoms with Crippen LogP contribution in [0.3, 0.4) is 0 Å². The van der Waals surface area contributed by atoms with Crippen molar-refractivity contribution < 1.29 is 17.6 Å². The van der Waals surface area contributed by atoms with Gasteiger partial charge in [0, 0.05) is 23.0 Å². The summed E-state index contributed by atoms with van der Waals surface area (Å²) in [7, 11) is -3.39. The van der Waals surface area contributed by atoms with E-state index < -0.39 is 16.1 Å². The maximum atomic E-state index is 12.6. The number of amides is 1. The molecule has 7 heteroatoms. The van der Waals surface area contributed by atoms with Gasteiger partial charge in [0.25, 0.3) is 0 Å². The molecule has 3 aromatic rings. The zero-order valence-electron chi connectivity index (χ0n) is 13.7. The van der Waals surface area contributed by atoms with Gasteiger partial charge in [0.2, 0.25) is 15.9 Å². The number of benzene rings is 2. The molecular formula is C18H18N2O4S. The van der Waals surface area contributed by atoms with Crippen LogP contribution in [0.15, 0.2) is 46.9 Å². The average Bonchev–Trinajstić information content (AvgIpc) is 3.19. The second-order valence-electron chi connectivity index (χ2n) is 6.33. The number of furan rings is 1. The van der Waals surface area contributed by atoms with Gasteiger partial charge < -0.3 is 9.73 Å². The lowest BCUT2D eigenvalue weighted by Crippen LogP contribution is -2.42. The van der Waals surface area contributed by atoms with E-state index in [1.807, 2.05) is 36.4 Å². The Bertz CT molecular complexity index is 1070. The molecule has 0 radical (unpaired) electrons. The summed E-state index contributed by atoms with van der Waals surface area (Å²) in [6.07, 6.45) is 2.37. The molecule has 2 aromatic carbocycles. The van der Waals surface area contributed by atoms with Crippen molar-refractivity contribution in [3.8, 4) is 0 Å². The van der Waals surface area contributed by atoms with Gasteiger partial charge in [-0.05, 0) is 37.1 Å². The van der Waals surface area contributed by atoms with Crippen LogP contribution in [0.2, 0.25) is 0 Å². The van der Waals surface area contributed by atoms with Crippen molar-refractivity contribution in [3.05, 3.63) is 42.5 Å². The van der Waals surface area contributed by atoms with Crippen LogP contribution < -0.4 is 5.32 Å². The van der Waals surface area contributed by atoms with Crippen molar-refractivity contribution in [2.24, 2.45) is 0 Å². The van der Waals surface area contributed by atoms with E-state index in [9.17, 15) is 13.2 Å². The van der Waals surface area contributed by atoms with Crippen molar-refractivity contribution in [3.63, 3.8) is 0 Å². The van der Waals surface area contributed by atoms with Crippen LogP contribution in [0.1, 0.15) is 12.8 Å². The number of anilines is 1. The summed E-state index contributed by atoms with van der Waals surface area (Å²) in [6, 6.07) is 12.5. The Labute approximate surface area is 145 Å². The number of carbonyl (C=O) groups is 1. The number of sulfonamides is 1. The highest BCUT2D eigenvalue weighted by molar-refractivity contribution is 7.88. The number of carbonyl (C=O) groups excluding carboxylic acids is 1. The molecule has 1 aliphatic heterocycles. The first-order chi connectivity index (χ1) is 11.9. The Morgan fingerprint density at radius 3 is 2.72 bits per heavy atom. The fourth-order valence-corrected chi connectivity index (χ4v) is 4.55. The second kappa shape index (κ2) is 5.86. The van der Waals surface area contributed by atoms with Crippen LogP contribution in [-0.2, 0) is 14.8 Å². The third kappa shape index (κ3) is 2.89. The Morgan fingerprint density at radius 2 is 1.92 bits per heavy atom. The standard InChI is InChI=1S/C18H18N2O4S/c1-25(22,23)20-10-4-6-15(20)18(21)19-12-8-9-17-14(11-12)13-5-2-3-7-16(13)24-17/h2-3,5,7-9,11,15H,4,6,10H2,1H3,(H,19,21)/t15-/m0/s1. The van der Waals surface area contributed by atoms with Gasteiger partial charge in [0.05, 0.1) is 6.26 Å². The van der Waals surface area contributed by atoms with Crippen LogP contribution in [0.25, 0.3) is 21.9 Å². The maximum absolute atomic E-state index is 12.6. The number of nitrogens with zero attached hydrogens (tertiary/aromatic N) is 1. The summed E-state index contributed by atoms with van der Waals surface area (Å²) < 4.78 is 30.7. The molecule has 1 fully saturated rings. The topological polar surface area (TPSA) is 79.6 Å². The minimum absolute atomic E-state index is 0.296. The van der Waals surface area contributed by atoms with Gasteiger partial charge in [-0.1, -0.05) is 18.2 Å². The quantitative estimate of drug-likeness (QED) is 0.781. The van der Waals surface area contributed by atoms with Gasteiger partial charge in [0.1, 0.15) is 17.2 Å². The molecule has 0 spiro atoms. The summed E-state index contributed by atoms with van der Waals surface area (Å²) in [5.41, 5.74) is 2.17. The average molecular weight is 358 g/mol. The van der Waals surface area contributed by atoms with Gasteiger partial charge in [0.15, 0.2) is 0 Å². The predicted octanol–water partition coefficient (Wildman–Crippen LogP) is 2.95. The van der Waals surface area contributed by atoms with Gasteiger partial charge >= 0.3 is 0 Å². The molecule has 0 saturated carbocycles. The van der Waals surface area contributed by atoms with E-state index in [0.29, 0.717) is 25.1 Å². The van der Waals surface area contributed by atoms with Gasteiger partial charge in [-0.25, -0.2) is 8.42 Å². The Hall–Kier alpha value is -2.38. The molecule has 0 bridgehead atoms. The molecule has 1 atom stereocenters. The monoisotopic (exact) mass is 358 g/mol. The zero-order chi connectivity index (χ0) is 17.6. The largest absolute Gasteiger partial charge is 0.456 e. The number of fused-ring (bicyclic) bond motifs is 3. The molecule has 4 rings (SSSR count). The lowest BCUT2D eigenvalue weighted by atomic mass is 10.1. The normalized spacial score (nSPS) is 18.8. The van der Waals surface area contributed by atoms with Crippen LogP contribution in [0.4, 0.5) is 5.69 Å². The molecular weight excluding hydrogens is 340 g/mol. The fraction of sp³-hybridized carbons (Fsp3) is 0.278. The Morgan fingerprint density at radius 1 is 1.16 bits per heavy atom. The number of hydrogen-bond acceptors (Lipinski definition) is 4. The minimum Gasteiger partial charge on any atom is -0.456 e. The highest BCUT2D eigenvalue weighted by Gasteiger charge is 2.36. The molecule has 1 aromatic heterocycles. The van der Waals surface area contributed by atoms with Crippen molar-refractivity contribution >= 4 is 43.6 Å². The Balaban J connectivity index is 1.64. The summed E-state index contributed by atoms with van der Waals surface area (Å²) in [4.78, 5) is 12.6. The van der Waals surface area contributed by atoms with Crippen molar-refractivity contribution in [1.82, 2.24) is 4.31 Å². The summed E-state index contributed by atoms with van der Waals surface area (Å²) in [6.45, 7) is 0.391. The fourth-order valence-electron chi connectivity index (χ4n) is 3.43. The number of rotatable bonds is 3. The molecule has 6 nitrogen and oxygen atoms in total. The highest BCUT2D eigenvalue weighted by atomic mass is 32.2. The van der Waals surface area contributed by atoms with E-state index in [2.05, 4.69) is 5.32 Å². The second-order valence-corrected chi connectivity index (χ2v) is 8.27. The van der Waals surface area contributed by atoms with E-state index in [-0.39, 0.29) is 5.91 Å². The van der Waals surface area contributed by atoms with Crippen molar-refractivity contribution in [1.29, 1.82) is 0 Å². The first-order valence-electron chi connectivity index (χ1n) is 8.12. The molecule has 1 N–H and O–H groups in total. The van der Waals surface area contributed by atoms with Gasteiger partial charge in [-0.3, -0.25) is 4.79 Å². The van der Waals surface area contributed by atoms with E-state index in [1.165, 1.54) is 4.31 Å². The molecule has 0 aliphatic carbocycles. The van der Waals surface area contributed by atoms with Crippen molar-refractivity contribution in [2.75, 3.05) is 18.1 Å². The number of hydrogen-bond donors (Lipinski definition) is 1. The highest BCUT2D eigenvalue weighted by Crippen LogP contribution is 2.31. The van der Waals surface area contributed by atoms with Crippen LogP contribution in [0, 0.1) is 0 Å². The molecule has 0 unspecified atom stereocenters. The van der Waals surface area contributed by atoms with Crippen LogP contribution in [-0.4, -0.2) is 37.5 Å². The minimum atomic E-state index is -3.39. The van der Waals surface area contributed by atoms with E-state index in [1.54, 1.807) is 6.07 Å². The first-order valence-corrected chi connectivity index (χ1v) is 9.97.